The van der Waals surface area contributed by atoms with Crippen molar-refractivity contribution in [2.24, 2.45) is 11.8 Å². The minimum absolute atomic E-state index is 0.743. The molecule has 0 aromatic rings. The standard InChI is InChI=1S/C16H22O2/c1-3-13-7-11(1)9-15(13)17-5-6-18-16-10-12-2-4-14(16)8-12/h11-12H,1-10H2. The Hall–Kier alpha value is -0.920. The first-order valence-electron chi connectivity index (χ1n) is 7.56. The summed E-state index contributed by atoms with van der Waals surface area (Å²) in [7, 11) is 0. The third kappa shape index (κ3) is 1.86. The average molecular weight is 246 g/mol. The topological polar surface area (TPSA) is 18.5 Å². The van der Waals surface area contributed by atoms with Crippen molar-refractivity contribution in [3.05, 3.63) is 22.7 Å². The molecule has 4 aliphatic carbocycles. The molecule has 4 aliphatic rings. The van der Waals surface area contributed by atoms with Gasteiger partial charge in [-0.05, 0) is 61.5 Å². The van der Waals surface area contributed by atoms with Crippen LogP contribution in [0.15, 0.2) is 22.7 Å². The van der Waals surface area contributed by atoms with Crippen molar-refractivity contribution in [1.82, 2.24) is 0 Å². The lowest BCUT2D eigenvalue weighted by Crippen LogP contribution is -2.07. The molecule has 4 rings (SSSR count). The summed E-state index contributed by atoms with van der Waals surface area (Å²) in [5.41, 5.74) is 3.20. The molecule has 2 unspecified atom stereocenters. The lowest BCUT2D eigenvalue weighted by Gasteiger charge is -2.16. The van der Waals surface area contributed by atoms with Crippen LogP contribution in [0.25, 0.3) is 0 Å². The van der Waals surface area contributed by atoms with Gasteiger partial charge in [0.1, 0.15) is 13.2 Å². The van der Waals surface area contributed by atoms with E-state index in [1.54, 1.807) is 11.1 Å². The van der Waals surface area contributed by atoms with Crippen molar-refractivity contribution >= 4 is 0 Å². The lowest BCUT2D eigenvalue weighted by molar-refractivity contribution is 0.104. The first kappa shape index (κ1) is 11.0. The highest BCUT2D eigenvalue weighted by atomic mass is 16.5. The Kier molecular flexibility index (Phi) is 2.63. The van der Waals surface area contributed by atoms with E-state index in [-0.39, 0.29) is 0 Å². The third-order valence-corrected chi connectivity index (χ3v) is 5.15. The largest absolute Gasteiger partial charge is 0.494 e. The van der Waals surface area contributed by atoms with Gasteiger partial charge >= 0.3 is 0 Å². The lowest BCUT2D eigenvalue weighted by atomic mass is 10.0. The third-order valence-electron chi connectivity index (χ3n) is 5.15. The molecule has 0 heterocycles. The van der Waals surface area contributed by atoms with E-state index >= 15 is 0 Å². The molecule has 98 valence electrons. The summed E-state index contributed by atoms with van der Waals surface area (Å²) in [6, 6.07) is 0. The number of hydrogen-bond acceptors (Lipinski definition) is 2. The molecule has 0 N–H and O–H groups in total. The molecule has 18 heavy (non-hydrogen) atoms. The van der Waals surface area contributed by atoms with E-state index in [0.717, 1.165) is 25.0 Å². The zero-order valence-electron chi connectivity index (χ0n) is 11.0. The van der Waals surface area contributed by atoms with Gasteiger partial charge in [-0.3, -0.25) is 0 Å². The Labute approximate surface area is 109 Å². The van der Waals surface area contributed by atoms with E-state index in [1.807, 2.05) is 0 Å². The van der Waals surface area contributed by atoms with Gasteiger partial charge in [-0.25, -0.2) is 0 Å². The number of fused-ring (bicyclic) bond motifs is 4. The van der Waals surface area contributed by atoms with Gasteiger partial charge in [0.15, 0.2) is 0 Å². The second-order valence-electron chi connectivity index (χ2n) is 6.38. The van der Waals surface area contributed by atoms with Gasteiger partial charge in [0, 0.05) is 12.8 Å². The van der Waals surface area contributed by atoms with Crippen LogP contribution in [0.1, 0.15) is 51.4 Å². The average Bonchev–Trinajstić information content (AvgIpc) is 3.13. The van der Waals surface area contributed by atoms with Gasteiger partial charge in [0.2, 0.25) is 0 Å². The van der Waals surface area contributed by atoms with Crippen molar-refractivity contribution in [3.8, 4) is 0 Å². The summed E-state index contributed by atoms with van der Waals surface area (Å²) in [6.07, 6.45) is 10.4. The fourth-order valence-electron chi connectivity index (χ4n) is 4.18. The predicted molar refractivity (Wildman–Crippen MR) is 69.9 cm³/mol. The number of ether oxygens (including phenoxy) is 2. The zero-order chi connectivity index (χ0) is 11.9. The minimum atomic E-state index is 0.743. The molecule has 2 nitrogen and oxygen atoms in total. The molecule has 0 aromatic heterocycles. The van der Waals surface area contributed by atoms with E-state index in [9.17, 15) is 0 Å². The molecule has 4 bridgehead atoms. The van der Waals surface area contributed by atoms with Gasteiger partial charge < -0.3 is 9.47 Å². The summed E-state index contributed by atoms with van der Waals surface area (Å²) < 4.78 is 11.8. The molecule has 2 fully saturated rings. The van der Waals surface area contributed by atoms with Gasteiger partial charge in [0.05, 0.1) is 11.5 Å². The SMILES string of the molecule is C(COC1=C2CCC(C2)C1)OC1=C2CCC(C2)C1. The maximum absolute atomic E-state index is 5.91. The Morgan fingerprint density at radius 2 is 1.22 bits per heavy atom. The Balaban J connectivity index is 1.24. The highest BCUT2D eigenvalue weighted by Crippen LogP contribution is 2.45. The molecule has 2 heteroatoms. The first-order chi connectivity index (χ1) is 8.88. The number of allylic oxidation sites excluding steroid dienone is 4. The Morgan fingerprint density at radius 1 is 0.722 bits per heavy atom. The summed E-state index contributed by atoms with van der Waals surface area (Å²) in [5, 5.41) is 0. The number of rotatable bonds is 5. The molecule has 0 amide bonds. The highest BCUT2D eigenvalue weighted by Gasteiger charge is 2.32. The predicted octanol–water partition coefficient (Wildman–Crippen LogP) is 3.94. The fourth-order valence-corrected chi connectivity index (χ4v) is 4.18. The molecule has 0 saturated heterocycles. The normalized spacial score (nSPS) is 32.9. The molecule has 2 atom stereocenters. The molecular formula is C16H22O2. The van der Waals surface area contributed by atoms with Gasteiger partial charge in [-0.2, -0.15) is 0 Å². The zero-order valence-corrected chi connectivity index (χ0v) is 11.0. The van der Waals surface area contributed by atoms with Crippen LogP contribution in [-0.4, -0.2) is 13.2 Å². The Bertz CT molecular complexity index is 379. The van der Waals surface area contributed by atoms with Gasteiger partial charge in [-0.15, -0.1) is 0 Å². The summed E-state index contributed by atoms with van der Waals surface area (Å²) in [6.45, 7) is 1.49. The summed E-state index contributed by atoms with van der Waals surface area (Å²) in [4.78, 5) is 0. The van der Waals surface area contributed by atoms with E-state index in [1.165, 1.54) is 62.9 Å². The van der Waals surface area contributed by atoms with E-state index in [4.69, 9.17) is 9.47 Å². The van der Waals surface area contributed by atoms with E-state index in [0.29, 0.717) is 0 Å². The maximum Gasteiger partial charge on any atom is 0.122 e. The smallest absolute Gasteiger partial charge is 0.122 e. The molecule has 0 aromatic carbocycles. The van der Waals surface area contributed by atoms with Crippen molar-refractivity contribution in [1.29, 1.82) is 0 Å². The highest BCUT2D eigenvalue weighted by molar-refractivity contribution is 5.22. The van der Waals surface area contributed by atoms with Crippen LogP contribution < -0.4 is 0 Å². The fraction of sp³-hybridized carbons (Fsp3) is 0.750. The molecular weight excluding hydrogens is 224 g/mol. The van der Waals surface area contributed by atoms with Crippen molar-refractivity contribution in [2.75, 3.05) is 13.2 Å². The molecule has 0 spiro atoms. The molecule has 0 aliphatic heterocycles. The van der Waals surface area contributed by atoms with E-state index < -0.39 is 0 Å². The second kappa shape index (κ2) is 4.32. The van der Waals surface area contributed by atoms with Crippen molar-refractivity contribution in [2.45, 2.75) is 51.4 Å². The van der Waals surface area contributed by atoms with Crippen LogP contribution in [0.2, 0.25) is 0 Å². The van der Waals surface area contributed by atoms with E-state index in [2.05, 4.69) is 0 Å². The van der Waals surface area contributed by atoms with Crippen LogP contribution in [-0.2, 0) is 9.47 Å². The van der Waals surface area contributed by atoms with Crippen LogP contribution in [0.5, 0.6) is 0 Å². The van der Waals surface area contributed by atoms with Crippen LogP contribution in [0.4, 0.5) is 0 Å². The summed E-state index contributed by atoms with van der Waals surface area (Å²) in [5.74, 6) is 4.43. The minimum Gasteiger partial charge on any atom is -0.494 e. The first-order valence-corrected chi connectivity index (χ1v) is 7.56. The quantitative estimate of drug-likeness (QED) is 0.684. The number of hydrogen-bond donors (Lipinski definition) is 0. The second-order valence-corrected chi connectivity index (χ2v) is 6.38. The van der Waals surface area contributed by atoms with Gasteiger partial charge in [0.25, 0.3) is 0 Å². The van der Waals surface area contributed by atoms with Crippen molar-refractivity contribution < 1.29 is 9.47 Å². The summed E-state index contributed by atoms with van der Waals surface area (Å²) >= 11 is 0. The van der Waals surface area contributed by atoms with Crippen LogP contribution in [0, 0.1) is 11.8 Å². The monoisotopic (exact) mass is 246 g/mol. The van der Waals surface area contributed by atoms with Gasteiger partial charge in [-0.1, -0.05) is 0 Å². The maximum atomic E-state index is 5.91. The molecule has 2 saturated carbocycles. The molecule has 0 radical (unpaired) electrons. The Morgan fingerprint density at radius 3 is 1.56 bits per heavy atom. The van der Waals surface area contributed by atoms with Crippen LogP contribution >= 0.6 is 0 Å². The van der Waals surface area contributed by atoms with Crippen LogP contribution in [0.3, 0.4) is 0 Å². The van der Waals surface area contributed by atoms with Crippen molar-refractivity contribution in [3.63, 3.8) is 0 Å².